The lowest BCUT2D eigenvalue weighted by molar-refractivity contribution is -0.141. The number of oxime groups is 1. The maximum absolute atomic E-state index is 10.8. The molecule has 0 aliphatic heterocycles. The Morgan fingerprint density at radius 3 is 2.83 bits per heavy atom. The molecule has 0 heterocycles. The number of carbonyl (C=O) groups is 1. The number of hydrogen-bond acceptors (Lipinski definition) is 5. The van der Waals surface area contributed by atoms with Crippen molar-refractivity contribution in [1.82, 2.24) is 0 Å². The quantitative estimate of drug-likeness (QED) is 0.301. The van der Waals surface area contributed by atoms with Gasteiger partial charge in [-0.3, -0.25) is 4.79 Å². The number of esters is 1. The normalized spacial score (nSPS) is 11.1. The van der Waals surface area contributed by atoms with E-state index in [1.54, 1.807) is 13.2 Å². The maximum atomic E-state index is 10.8. The van der Waals surface area contributed by atoms with Gasteiger partial charge in [0.1, 0.15) is 6.42 Å². The third-order valence-electron chi connectivity index (χ3n) is 0.806. The molecule has 0 N–H and O–H groups in total. The Labute approximate surface area is 80.4 Å². The molecule has 70 valence electrons. The Balaban J connectivity index is 3.67. The highest BCUT2D eigenvalue weighted by Crippen LogP contribution is 2.01. The van der Waals surface area contributed by atoms with E-state index < -0.39 is 5.97 Å². The fourth-order valence-corrected chi connectivity index (χ4v) is 0.790. The van der Waals surface area contributed by atoms with Gasteiger partial charge in [0, 0.05) is 6.26 Å². The first-order valence-corrected chi connectivity index (χ1v) is 4.81. The van der Waals surface area contributed by atoms with Gasteiger partial charge in [0.2, 0.25) is 0 Å². The van der Waals surface area contributed by atoms with Gasteiger partial charge < -0.3 is 9.02 Å². The van der Waals surface area contributed by atoms with Crippen molar-refractivity contribution in [3.05, 3.63) is 0 Å². The third-order valence-corrected chi connectivity index (χ3v) is 1.23. The van der Waals surface area contributed by atoms with Gasteiger partial charge in [0.15, 0.2) is 5.17 Å². The number of nitrogens with zero attached hydrogens (tertiary/aromatic N) is 1. The van der Waals surface area contributed by atoms with Crippen LogP contribution in [0, 0.1) is 0 Å². The summed E-state index contributed by atoms with van der Waals surface area (Å²) in [5.41, 5.74) is 0. The first-order valence-electron chi connectivity index (χ1n) is 3.28. The van der Waals surface area contributed by atoms with Gasteiger partial charge in [0.05, 0.1) is 18.6 Å². The Morgan fingerprint density at radius 2 is 2.33 bits per heavy atom. The minimum atomic E-state index is -0.407. The number of halogens is 1. The van der Waals surface area contributed by atoms with Crippen molar-refractivity contribution < 1.29 is 13.8 Å². The van der Waals surface area contributed by atoms with Crippen LogP contribution in [0.3, 0.4) is 0 Å². The molecule has 0 fully saturated rings. The summed E-state index contributed by atoms with van der Waals surface area (Å²) >= 11 is 6.55. The zero-order valence-corrected chi connectivity index (χ0v) is 8.44. The van der Waals surface area contributed by atoms with E-state index >= 15 is 0 Å². The molecule has 12 heavy (non-hydrogen) atoms. The van der Waals surface area contributed by atoms with Crippen LogP contribution in [0.4, 0.5) is 0 Å². The smallest absolute Gasteiger partial charge is 0.312 e. The minimum absolute atomic E-state index is 0.0457. The van der Waals surface area contributed by atoms with Gasteiger partial charge in [-0.25, -0.2) is 0 Å². The van der Waals surface area contributed by atoms with E-state index in [1.165, 1.54) is 0 Å². The van der Waals surface area contributed by atoms with Crippen LogP contribution in [0.15, 0.2) is 5.16 Å². The molecule has 0 aliphatic rings. The molecular formula is C6H10ClNO3S. The average molecular weight is 212 g/mol. The Morgan fingerprint density at radius 1 is 1.67 bits per heavy atom. The van der Waals surface area contributed by atoms with Gasteiger partial charge in [-0.15, -0.1) is 0 Å². The fourth-order valence-electron chi connectivity index (χ4n) is 0.441. The highest BCUT2D eigenvalue weighted by molar-refractivity contribution is 7.93. The number of hydrogen-bond donors (Lipinski definition) is 0. The monoisotopic (exact) mass is 211 g/mol. The summed E-state index contributed by atoms with van der Waals surface area (Å²) in [5.74, 6) is -0.407. The first-order chi connectivity index (χ1) is 5.70. The Bertz CT molecular complexity index is 174. The summed E-state index contributed by atoms with van der Waals surface area (Å²) in [4.78, 5) is 10.8. The molecule has 0 rings (SSSR count). The Kier molecular flexibility index (Phi) is 6.99. The van der Waals surface area contributed by atoms with Crippen molar-refractivity contribution in [2.24, 2.45) is 5.16 Å². The molecule has 0 aromatic heterocycles. The van der Waals surface area contributed by atoms with E-state index in [-0.39, 0.29) is 11.6 Å². The molecule has 6 heteroatoms. The average Bonchev–Trinajstić information content (AvgIpc) is 2.01. The van der Waals surface area contributed by atoms with Crippen LogP contribution < -0.4 is 0 Å². The second-order valence-corrected chi connectivity index (χ2v) is 2.61. The van der Waals surface area contributed by atoms with E-state index in [9.17, 15) is 4.79 Å². The van der Waals surface area contributed by atoms with Gasteiger partial charge in [-0.2, -0.15) is 0 Å². The molecular weight excluding hydrogens is 202 g/mol. The highest BCUT2D eigenvalue weighted by Gasteiger charge is 2.05. The zero-order valence-electron chi connectivity index (χ0n) is 6.87. The molecule has 0 saturated carbocycles. The van der Waals surface area contributed by atoms with Gasteiger partial charge >= 0.3 is 5.97 Å². The van der Waals surface area contributed by atoms with E-state index in [0.717, 1.165) is 12.0 Å². The highest BCUT2D eigenvalue weighted by atomic mass is 35.5. The lowest BCUT2D eigenvalue weighted by Gasteiger charge is -1.98. The van der Waals surface area contributed by atoms with Gasteiger partial charge in [-0.05, 0) is 6.92 Å². The second-order valence-electron chi connectivity index (χ2n) is 1.69. The molecule has 0 atom stereocenters. The van der Waals surface area contributed by atoms with Crippen LogP contribution in [0.1, 0.15) is 13.3 Å². The second kappa shape index (κ2) is 7.24. The predicted molar refractivity (Wildman–Crippen MR) is 49.1 cm³/mol. The first kappa shape index (κ1) is 11.6. The van der Waals surface area contributed by atoms with Crippen molar-refractivity contribution >= 4 is 34.8 Å². The topological polar surface area (TPSA) is 47.9 Å². The van der Waals surface area contributed by atoms with Gasteiger partial charge in [-0.1, -0.05) is 16.8 Å². The number of rotatable bonds is 5. The van der Waals surface area contributed by atoms with E-state index in [0.29, 0.717) is 6.61 Å². The summed E-state index contributed by atoms with van der Waals surface area (Å²) in [6, 6.07) is 0. The standard InChI is InChI=1S/C6H10ClNO3S/c1-3-10-6(9)4-5(7)8-11-12-2/h3-4H2,1-2H3/b8-5-. The maximum Gasteiger partial charge on any atom is 0.312 e. The summed E-state index contributed by atoms with van der Waals surface area (Å²) in [6.45, 7) is 2.06. The number of ether oxygens (including phenoxy) is 1. The van der Waals surface area contributed by atoms with Crippen molar-refractivity contribution in [1.29, 1.82) is 0 Å². The van der Waals surface area contributed by atoms with Crippen molar-refractivity contribution in [2.75, 3.05) is 12.9 Å². The molecule has 0 bridgehead atoms. The summed E-state index contributed by atoms with van der Waals surface area (Å²) in [5, 5.41) is 3.50. The van der Waals surface area contributed by atoms with E-state index in [1.807, 2.05) is 0 Å². The van der Waals surface area contributed by atoms with Crippen LogP contribution in [0.5, 0.6) is 0 Å². The molecule has 0 aromatic carbocycles. The predicted octanol–water partition coefficient (Wildman–Crippen LogP) is 1.79. The number of carbonyl (C=O) groups excluding carboxylic acids is 1. The van der Waals surface area contributed by atoms with Crippen molar-refractivity contribution in [2.45, 2.75) is 13.3 Å². The van der Waals surface area contributed by atoms with E-state index in [4.69, 9.17) is 11.6 Å². The van der Waals surface area contributed by atoms with Crippen LogP contribution in [-0.4, -0.2) is 24.0 Å². The third kappa shape index (κ3) is 6.30. The summed E-state index contributed by atoms with van der Waals surface area (Å²) in [7, 11) is 0. The minimum Gasteiger partial charge on any atom is -0.466 e. The molecule has 0 amide bonds. The largest absolute Gasteiger partial charge is 0.466 e. The Hall–Kier alpha value is -0.420. The van der Waals surface area contributed by atoms with Crippen LogP contribution in [0.25, 0.3) is 0 Å². The van der Waals surface area contributed by atoms with Crippen LogP contribution in [0.2, 0.25) is 0 Å². The van der Waals surface area contributed by atoms with E-state index in [2.05, 4.69) is 14.2 Å². The molecule has 0 saturated heterocycles. The molecule has 0 unspecified atom stereocenters. The lowest BCUT2D eigenvalue weighted by Crippen LogP contribution is -2.07. The van der Waals surface area contributed by atoms with Crippen LogP contribution >= 0.6 is 23.6 Å². The molecule has 0 aliphatic carbocycles. The summed E-state index contributed by atoms with van der Waals surface area (Å²) < 4.78 is 9.17. The van der Waals surface area contributed by atoms with Crippen molar-refractivity contribution in [3.63, 3.8) is 0 Å². The molecule has 0 spiro atoms. The molecule has 0 aromatic rings. The SMILES string of the molecule is CCOC(=O)C/C(Cl)=N/OSC. The lowest BCUT2D eigenvalue weighted by atomic mass is 10.5. The summed E-state index contributed by atoms with van der Waals surface area (Å²) in [6.07, 6.45) is 1.65. The molecule has 0 radical (unpaired) electrons. The zero-order chi connectivity index (χ0) is 9.40. The molecule has 4 nitrogen and oxygen atoms in total. The van der Waals surface area contributed by atoms with Crippen molar-refractivity contribution in [3.8, 4) is 0 Å². The van der Waals surface area contributed by atoms with Gasteiger partial charge in [0.25, 0.3) is 0 Å². The fraction of sp³-hybridized carbons (Fsp3) is 0.667. The van der Waals surface area contributed by atoms with Crippen LogP contribution in [-0.2, 0) is 13.8 Å².